The first kappa shape index (κ1) is 12.8. The fourth-order valence-electron chi connectivity index (χ4n) is 2.86. The second kappa shape index (κ2) is 4.84. The van der Waals surface area contributed by atoms with Gasteiger partial charge in [-0.05, 0) is 18.6 Å². The molecule has 2 N–H and O–H groups in total. The molecule has 4 rings (SSSR count). The Kier molecular flexibility index (Phi) is 2.82. The van der Waals surface area contributed by atoms with E-state index in [1.165, 1.54) is 5.56 Å². The third-order valence-electron chi connectivity index (χ3n) is 3.88. The average molecular weight is 289 g/mol. The lowest BCUT2D eigenvalue weighted by atomic mass is 10.1. The lowest BCUT2D eigenvalue weighted by Crippen LogP contribution is -2.13. The van der Waals surface area contributed by atoms with E-state index in [4.69, 9.17) is 0 Å². The van der Waals surface area contributed by atoms with Crippen LogP contribution in [0.3, 0.4) is 0 Å². The van der Waals surface area contributed by atoms with Gasteiger partial charge in [-0.15, -0.1) is 0 Å². The van der Waals surface area contributed by atoms with Crippen molar-refractivity contribution in [2.24, 2.45) is 4.99 Å². The molecule has 4 heteroatoms. The quantitative estimate of drug-likeness (QED) is 0.709. The van der Waals surface area contributed by atoms with Gasteiger partial charge in [0, 0.05) is 16.5 Å². The number of fused-ring (bicyclic) bond motifs is 3. The summed E-state index contributed by atoms with van der Waals surface area (Å²) < 4.78 is 0. The number of anilines is 1. The van der Waals surface area contributed by atoms with E-state index in [0.29, 0.717) is 0 Å². The number of aromatic amines is 1. The summed E-state index contributed by atoms with van der Waals surface area (Å²) in [5, 5.41) is 3.99. The van der Waals surface area contributed by atoms with Crippen LogP contribution in [0.1, 0.15) is 16.8 Å². The Balaban J connectivity index is 2.00. The number of nitrogens with zero attached hydrogens (tertiary/aromatic N) is 1. The van der Waals surface area contributed by atoms with Crippen LogP contribution >= 0.6 is 0 Å². The molecule has 0 fully saturated rings. The highest BCUT2D eigenvalue weighted by Gasteiger charge is 2.22. The number of nitrogens with one attached hydrogen (secondary N) is 2. The summed E-state index contributed by atoms with van der Waals surface area (Å²) in [6, 6.07) is 16.1. The Morgan fingerprint density at radius 3 is 2.73 bits per heavy atom. The van der Waals surface area contributed by atoms with Crippen molar-refractivity contribution in [1.29, 1.82) is 0 Å². The minimum atomic E-state index is -0.0892. The van der Waals surface area contributed by atoms with Crippen LogP contribution in [0.5, 0.6) is 0 Å². The largest absolute Gasteiger partial charge is 0.351 e. The van der Waals surface area contributed by atoms with Crippen LogP contribution < -0.4 is 5.32 Å². The van der Waals surface area contributed by atoms with Gasteiger partial charge in [-0.25, -0.2) is 0 Å². The summed E-state index contributed by atoms with van der Waals surface area (Å²) in [6.45, 7) is 2.19. The van der Waals surface area contributed by atoms with Gasteiger partial charge in [-0.3, -0.25) is 9.79 Å². The standard InChI is InChI=1S/C18H15N3O/c1-11-7-8-13-14(9-11)20-18-16(12-5-3-2-4-6-12)19-10-15(22)21-17(13)18/h2-9,20H,10H2,1H3,(H,21,22). The second-order valence-electron chi connectivity index (χ2n) is 5.50. The molecule has 1 amide bonds. The van der Waals surface area contributed by atoms with E-state index in [1.807, 2.05) is 42.5 Å². The number of carbonyl (C=O) groups excluding carboxylic acids is 1. The molecule has 2 heterocycles. The monoisotopic (exact) mass is 289 g/mol. The highest BCUT2D eigenvalue weighted by molar-refractivity contribution is 6.22. The number of benzene rings is 2. The number of amides is 1. The fraction of sp³-hybridized carbons (Fsp3) is 0.111. The summed E-state index contributed by atoms with van der Waals surface area (Å²) >= 11 is 0. The SMILES string of the molecule is Cc1ccc2c3c([nH]c2c1)C(c1ccccc1)=NCC(=O)N3. The number of aliphatic imine (C=N–C) groups is 1. The molecule has 3 aromatic rings. The van der Waals surface area contributed by atoms with E-state index in [2.05, 4.69) is 28.3 Å². The molecule has 1 aliphatic rings. The number of H-pyrrole nitrogens is 1. The van der Waals surface area contributed by atoms with Crippen LogP contribution in [-0.4, -0.2) is 23.1 Å². The summed E-state index contributed by atoms with van der Waals surface area (Å²) in [7, 11) is 0. The Labute approximate surface area is 127 Å². The zero-order valence-electron chi connectivity index (χ0n) is 12.2. The van der Waals surface area contributed by atoms with E-state index in [9.17, 15) is 4.79 Å². The van der Waals surface area contributed by atoms with Crippen molar-refractivity contribution in [1.82, 2.24) is 4.98 Å². The molecule has 0 saturated carbocycles. The van der Waals surface area contributed by atoms with Gasteiger partial charge in [-0.1, -0.05) is 42.5 Å². The number of carbonyl (C=O) groups is 1. The van der Waals surface area contributed by atoms with Crippen molar-refractivity contribution < 1.29 is 4.79 Å². The van der Waals surface area contributed by atoms with E-state index < -0.39 is 0 Å². The third kappa shape index (κ3) is 2.00. The van der Waals surface area contributed by atoms with Crippen LogP contribution in [0.2, 0.25) is 0 Å². The summed E-state index contributed by atoms with van der Waals surface area (Å²) in [4.78, 5) is 19.9. The number of hydrogen-bond donors (Lipinski definition) is 2. The number of aryl methyl sites for hydroxylation is 1. The Morgan fingerprint density at radius 2 is 1.91 bits per heavy atom. The van der Waals surface area contributed by atoms with E-state index in [0.717, 1.165) is 33.6 Å². The Bertz CT molecular complexity index is 907. The highest BCUT2D eigenvalue weighted by Crippen LogP contribution is 2.31. The van der Waals surface area contributed by atoms with Crippen LogP contribution in [0.4, 0.5) is 5.69 Å². The topological polar surface area (TPSA) is 57.2 Å². The van der Waals surface area contributed by atoms with Gasteiger partial charge in [-0.2, -0.15) is 0 Å². The van der Waals surface area contributed by atoms with Crippen LogP contribution in [0.15, 0.2) is 53.5 Å². The molecule has 0 unspecified atom stereocenters. The van der Waals surface area contributed by atoms with Gasteiger partial charge in [0.15, 0.2) is 0 Å². The van der Waals surface area contributed by atoms with Crippen molar-refractivity contribution in [2.45, 2.75) is 6.92 Å². The highest BCUT2D eigenvalue weighted by atomic mass is 16.1. The first-order valence-corrected chi connectivity index (χ1v) is 7.25. The molecule has 108 valence electrons. The number of aromatic nitrogens is 1. The molecule has 0 bridgehead atoms. The molecule has 0 spiro atoms. The molecule has 2 aromatic carbocycles. The maximum absolute atomic E-state index is 12.0. The summed E-state index contributed by atoms with van der Waals surface area (Å²) in [5.41, 5.74) is 5.70. The van der Waals surface area contributed by atoms with Gasteiger partial charge in [0.1, 0.15) is 6.54 Å². The van der Waals surface area contributed by atoms with E-state index >= 15 is 0 Å². The van der Waals surface area contributed by atoms with Crippen LogP contribution in [-0.2, 0) is 4.79 Å². The molecule has 4 nitrogen and oxygen atoms in total. The lowest BCUT2D eigenvalue weighted by molar-refractivity contribution is -0.114. The van der Waals surface area contributed by atoms with Crippen molar-refractivity contribution in [2.75, 3.05) is 11.9 Å². The zero-order valence-corrected chi connectivity index (χ0v) is 12.2. The van der Waals surface area contributed by atoms with Crippen molar-refractivity contribution in [3.8, 4) is 0 Å². The van der Waals surface area contributed by atoms with Gasteiger partial charge < -0.3 is 10.3 Å². The number of rotatable bonds is 1. The normalized spacial score (nSPS) is 14.2. The third-order valence-corrected chi connectivity index (χ3v) is 3.88. The summed E-state index contributed by atoms with van der Waals surface area (Å²) in [6.07, 6.45) is 0. The van der Waals surface area contributed by atoms with Crippen molar-refractivity contribution >= 4 is 28.2 Å². The fourth-order valence-corrected chi connectivity index (χ4v) is 2.86. The molecule has 22 heavy (non-hydrogen) atoms. The van der Waals surface area contributed by atoms with Gasteiger partial charge in [0.2, 0.25) is 5.91 Å². The molecule has 0 atom stereocenters. The zero-order chi connectivity index (χ0) is 15.1. The molecule has 1 aromatic heterocycles. The molecule has 0 aliphatic carbocycles. The first-order valence-electron chi connectivity index (χ1n) is 7.25. The smallest absolute Gasteiger partial charge is 0.246 e. The van der Waals surface area contributed by atoms with E-state index in [1.54, 1.807) is 0 Å². The maximum atomic E-state index is 12.0. The van der Waals surface area contributed by atoms with E-state index in [-0.39, 0.29) is 12.5 Å². The van der Waals surface area contributed by atoms with Crippen molar-refractivity contribution in [3.05, 3.63) is 65.4 Å². The molecular weight excluding hydrogens is 274 g/mol. The molecule has 0 saturated heterocycles. The predicted molar refractivity (Wildman–Crippen MR) is 88.6 cm³/mol. The molecular formula is C18H15N3O. The lowest BCUT2D eigenvalue weighted by Gasteiger charge is -2.05. The van der Waals surface area contributed by atoms with Crippen LogP contribution in [0.25, 0.3) is 10.9 Å². The minimum Gasteiger partial charge on any atom is -0.351 e. The van der Waals surface area contributed by atoms with Gasteiger partial charge in [0.25, 0.3) is 0 Å². The first-order chi connectivity index (χ1) is 10.7. The molecule has 0 radical (unpaired) electrons. The van der Waals surface area contributed by atoms with Crippen molar-refractivity contribution in [3.63, 3.8) is 0 Å². The average Bonchev–Trinajstić information content (AvgIpc) is 2.77. The molecule has 1 aliphatic heterocycles. The Hall–Kier alpha value is -2.88. The number of hydrogen-bond acceptors (Lipinski definition) is 2. The predicted octanol–water partition coefficient (Wildman–Crippen LogP) is 3.27. The maximum Gasteiger partial charge on any atom is 0.246 e. The Morgan fingerprint density at radius 1 is 1.09 bits per heavy atom. The summed E-state index contributed by atoms with van der Waals surface area (Å²) in [5.74, 6) is -0.0892. The second-order valence-corrected chi connectivity index (χ2v) is 5.50. The minimum absolute atomic E-state index is 0.0892. The van der Waals surface area contributed by atoms with Crippen LogP contribution in [0, 0.1) is 6.92 Å². The van der Waals surface area contributed by atoms with Gasteiger partial charge in [0.05, 0.1) is 17.1 Å². The van der Waals surface area contributed by atoms with Gasteiger partial charge >= 0.3 is 0 Å².